The number of hydrogen-bond acceptors (Lipinski definition) is 4. The molecule has 144 valence electrons. The van der Waals surface area contributed by atoms with Crippen molar-refractivity contribution in [3.8, 4) is 5.75 Å². The van der Waals surface area contributed by atoms with Gasteiger partial charge in [-0.3, -0.25) is 9.59 Å². The van der Waals surface area contributed by atoms with Crippen molar-refractivity contribution in [1.29, 1.82) is 0 Å². The van der Waals surface area contributed by atoms with E-state index >= 15 is 0 Å². The molecule has 1 heterocycles. The second-order valence-electron chi connectivity index (χ2n) is 6.11. The zero-order valence-corrected chi connectivity index (χ0v) is 16.0. The van der Waals surface area contributed by atoms with Crippen molar-refractivity contribution in [1.82, 2.24) is 5.32 Å². The van der Waals surface area contributed by atoms with E-state index in [0.717, 1.165) is 5.56 Å². The Labute approximate surface area is 166 Å². The van der Waals surface area contributed by atoms with Crippen LogP contribution in [0.3, 0.4) is 0 Å². The summed E-state index contributed by atoms with van der Waals surface area (Å²) < 4.78 is 18.8. The molecule has 0 spiro atoms. The van der Waals surface area contributed by atoms with E-state index in [1.165, 1.54) is 23.5 Å². The Hall–Kier alpha value is -3.19. The molecule has 0 fully saturated rings. The van der Waals surface area contributed by atoms with E-state index in [-0.39, 0.29) is 24.2 Å². The molecular weight excluding hydrogens is 379 g/mol. The standard InChI is InChI=1S/C21H19FN2O3S/c1-14(23-21(26)19-9-4-10-28-19)20(25)24-17-7-2-5-15(11-17)13-27-18-8-3-6-16(22)12-18/h2-12,14H,13H2,1H3,(H,23,26)(H,24,25). The van der Waals surface area contributed by atoms with Crippen molar-refractivity contribution in [3.05, 3.63) is 82.3 Å². The fourth-order valence-electron chi connectivity index (χ4n) is 2.45. The quantitative estimate of drug-likeness (QED) is 0.626. The predicted octanol–water partition coefficient (Wildman–Crippen LogP) is 4.22. The molecule has 3 aromatic rings. The van der Waals surface area contributed by atoms with Gasteiger partial charge in [-0.2, -0.15) is 0 Å². The van der Waals surface area contributed by atoms with Crippen LogP contribution in [0.1, 0.15) is 22.2 Å². The summed E-state index contributed by atoms with van der Waals surface area (Å²) in [4.78, 5) is 24.9. The van der Waals surface area contributed by atoms with Crippen molar-refractivity contribution in [2.75, 3.05) is 5.32 Å². The number of halogens is 1. The Bertz CT molecular complexity index is 960. The first-order valence-corrected chi connectivity index (χ1v) is 9.52. The van der Waals surface area contributed by atoms with Crippen LogP contribution in [0.25, 0.3) is 0 Å². The minimum atomic E-state index is -0.693. The molecule has 0 aliphatic rings. The highest BCUT2D eigenvalue weighted by molar-refractivity contribution is 7.12. The third-order valence-electron chi connectivity index (χ3n) is 3.88. The average Bonchev–Trinajstić information content (AvgIpc) is 3.22. The zero-order chi connectivity index (χ0) is 19.9. The van der Waals surface area contributed by atoms with Crippen molar-refractivity contribution < 1.29 is 18.7 Å². The van der Waals surface area contributed by atoms with Gasteiger partial charge in [0, 0.05) is 11.8 Å². The molecule has 0 saturated heterocycles. The van der Waals surface area contributed by atoms with Gasteiger partial charge in [-0.25, -0.2) is 4.39 Å². The molecule has 28 heavy (non-hydrogen) atoms. The largest absolute Gasteiger partial charge is 0.489 e. The molecule has 2 aromatic carbocycles. The molecule has 0 saturated carbocycles. The molecule has 0 aliphatic carbocycles. The van der Waals surface area contributed by atoms with Gasteiger partial charge in [-0.05, 0) is 48.2 Å². The van der Waals surface area contributed by atoms with Crippen LogP contribution < -0.4 is 15.4 Å². The van der Waals surface area contributed by atoms with Crippen LogP contribution in [-0.2, 0) is 11.4 Å². The molecular formula is C21H19FN2O3S. The van der Waals surface area contributed by atoms with Crippen molar-refractivity contribution in [2.45, 2.75) is 19.6 Å². The Morgan fingerprint density at radius 1 is 1.11 bits per heavy atom. The second kappa shape index (κ2) is 9.14. The van der Waals surface area contributed by atoms with E-state index in [1.54, 1.807) is 54.8 Å². The van der Waals surface area contributed by atoms with Crippen molar-refractivity contribution in [2.24, 2.45) is 0 Å². The third kappa shape index (κ3) is 5.40. The second-order valence-corrected chi connectivity index (χ2v) is 7.06. The predicted molar refractivity (Wildman–Crippen MR) is 107 cm³/mol. The number of nitrogens with one attached hydrogen (secondary N) is 2. The summed E-state index contributed by atoms with van der Waals surface area (Å²) in [7, 11) is 0. The lowest BCUT2D eigenvalue weighted by Crippen LogP contribution is -2.41. The van der Waals surface area contributed by atoms with E-state index in [2.05, 4.69) is 10.6 Å². The van der Waals surface area contributed by atoms with Gasteiger partial charge in [0.05, 0.1) is 4.88 Å². The molecule has 1 atom stereocenters. The van der Waals surface area contributed by atoms with Crippen molar-refractivity contribution in [3.63, 3.8) is 0 Å². The smallest absolute Gasteiger partial charge is 0.261 e. The first-order valence-electron chi connectivity index (χ1n) is 8.64. The molecule has 5 nitrogen and oxygen atoms in total. The first kappa shape index (κ1) is 19.6. The summed E-state index contributed by atoms with van der Waals surface area (Å²) >= 11 is 1.31. The lowest BCUT2D eigenvalue weighted by atomic mass is 10.2. The third-order valence-corrected chi connectivity index (χ3v) is 4.75. The Morgan fingerprint density at radius 3 is 2.68 bits per heavy atom. The van der Waals surface area contributed by atoms with E-state index in [0.29, 0.717) is 16.3 Å². The minimum Gasteiger partial charge on any atom is -0.489 e. The number of amides is 2. The maximum absolute atomic E-state index is 13.2. The van der Waals surface area contributed by atoms with Crippen LogP contribution in [0.2, 0.25) is 0 Å². The number of carbonyl (C=O) groups is 2. The average molecular weight is 398 g/mol. The van der Waals surface area contributed by atoms with Gasteiger partial charge < -0.3 is 15.4 Å². The van der Waals surface area contributed by atoms with Crippen LogP contribution in [-0.4, -0.2) is 17.9 Å². The number of anilines is 1. The van der Waals surface area contributed by atoms with E-state index < -0.39 is 6.04 Å². The van der Waals surface area contributed by atoms with Crippen LogP contribution in [0.5, 0.6) is 5.75 Å². The summed E-state index contributed by atoms with van der Waals surface area (Å²) in [6.07, 6.45) is 0. The Balaban J connectivity index is 1.55. The molecule has 3 rings (SSSR count). The highest BCUT2D eigenvalue weighted by Gasteiger charge is 2.17. The van der Waals surface area contributed by atoms with Gasteiger partial charge in [0.25, 0.3) is 5.91 Å². The van der Waals surface area contributed by atoms with Gasteiger partial charge >= 0.3 is 0 Å². The van der Waals surface area contributed by atoms with Crippen LogP contribution in [0, 0.1) is 5.82 Å². The van der Waals surface area contributed by atoms with Crippen LogP contribution >= 0.6 is 11.3 Å². The fraction of sp³-hybridized carbons (Fsp3) is 0.143. The molecule has 2 amide bonds. The van der Waals surface area contributed by atoms with Gasteiger partial charge in [0.15, 0.2) is 0 Å². The van der Waals surface area contributed by atoms with Crippen LogP contribution in [0.15, 0.2) is 66.0 Å². The molecule has 2 N–H and O–H groups in total. The van der Waals surface area contributed by atoms with E-state index in [1.807, 2.05) is 6.07 Å². The van der Waals surface area contributed by atoms with Gasteiger partial charge in [-0.15, -0.1) is 11.3 Å². The normalized spacial score (nSPS) is 11.5. The Morgan fingerprint density at radius 2 is 1.93 bits per heavy atom. The number of carbonyl (C=O) groups excluding carboxylic acids is 2. The van der Waals surface area contributed by atoms with Crippen LogP contribution in [0.4, 0.5) is 10.1 Å². The summed E-state index contributed by atoms with van der Waals surface area (Å²) in [6, 6.07) is 15.8. The monoisotopic (exact) mass is 398 g/mol. The maximum Gasteiger partial charge on any atom is 0.261 e. The topological polar surface area (TPSA) is 67.4 Å². The first-order chi connectivity index (χ1) is 13.5. The van der Waals surface area contributed by atoms with Gasteiger partial charge in [0.2, 0.25) is 5.91 Å². The van der Waals surface area contributed by atoms with Gasteiger partial charge in [0.1, 0.15) is 24.2 Å². The summed E-state index contributed by atoms with van der Waals surface area (Å²) in [6.45, 7) is 1.86. The summed E-state index contributed by atoms with van der Waals surface area (Å²) in [5.74, 6) is -0.542. The maximum atomic E-state index is 13.2. The summed E-state index contributed by atoms with van der Waals surface area (Å²) in [5, 5.41) is 7.24. The molecule has 1 aromatic heterocycles. The Kier molecular flexibility index (Phi) is 6.39. The van der Waals surface area contributed by atoms with E-state index in [9.17, 15) is 14.0 Å². The molecule has 0 bridgehead atoms. The highest BCUT2D eigenvalue weighted by Crippen LogP contribution is 2.16. The lowest BCUT2D eigenvalue weighted by molar-refractivity contribution is -0.117. The molecule has 0 aliphatic heterocycles. The highest BCUT2D eigenvalue weighted by atomic mass is 32.1. The van der Waals surface area contributed by atoms with Crippen molar-refractivity contribution >= 4 is 28.8 Å². The van der Waals surface area contributed by atoms with E-state index in [4.69, 9.17) is 4.74 Å². The number of thiophene rings is 1. The summed E-state index contributed by atoms with van der Waals surface area (Å²) in [5.41, 5.74) is 1.40. The minimum absolute atomic E-state index is 0.234. The number of hydrogen-bond donors (Lipinski definition) is 2. The lowest BCUT2D eigenvalue weighted by Gasteiger charge is -2.14. The number of rotatable bonds is 7. The fourth-order valence-corrected chi connectivity index (χ4v) is 3.08. The number of benzene rings is 2. The molecule has 1 unspecified atom stereocenters. The molecule has 7 heteroatoms. The van der Waals surface area contributed by atoms with Gasteiger partial charge in [-0.1, -0.05) is 24.3 Å². The SMILES string of the molecule is CC(NC(=O)c1cccs1)C(=O)Nc1cccc(COc2cccc(F)c2)c1. The number of ether oxygens (including phenoxy) is 1. The zero-order valence-electron chi connectivity index (χ0n) is 15.1. The molecule has 0 radical (unpaired) electrons.